The quantitative estimate of drug-likeness (QED) is 0.393. The average molecular weight is 574 g/mol. The van der Waals surface area contributed by atoms with Gasteiger partial charge in [0.15, 0.2) is 0 Å². The van der Waals surface area contributed by atoms with Crippen LogP contribution >= 0.6 is 0 Å². The fourth-order valence-corrected chi connectivity index (χ4v) is 5.97. The van der Waals surface area contributed by atoms with Gasteiger partial charge in [-0.25, -0.2) is 27.8 Å². The molecule has 0 atom stereocenters. The van der Waals surface area contributed by atoms with Gasteiger partial charge in [-0.05, 0) is 68.6 Å². The number of nitrogens with zero attached hydrogens (tertiary/aromatic N) is 5. The van der Waals surface area contributed by atoms with Crippen LogP contribution in [0.4, 0.5) is 16.0 Å². The van der Waals surface area contributed by atoms with Gasteiger partial charge in [0.25, 0.3) is 0 Å². The second-order valence-electron chi connectivity index (χ2n) is 10.4. The van der Waals surface area contributed by atoms with Crippen molar-refractivity contribution < 1.29 is 22.3 Å². The Hall–Kier alpha value is -3.13. The maximum atomic E-state index is 15.1. The number of benzene rings is 1. The van der Waals surface area contributed by atoms with Crippen molar-refractivity contribution in [3.8, 4) is 17.1 Å². The van der Waals surface area contributed by atoms with Crippen LogP contribution in [0, 0.1) is 11.7 Å². The van der Waals surface area contributed by atoms with E-state index in [0.717, 1.165) is 44.2 Å². The molecule has 216 valence electrons. The third kappa shape index (κ3) is 6.60. The Bertz CT molecular complexity index is 1460. The fourth-order valence-electron chi connectivity index (χ4n) is 5.43. The normalized spacial score (nSPS) is 17.4. The molecule has 40 heavy (non-hydrogen) atoms. The minimum atomic E-state index is -3.61. The third-order valence-electron chi connectivity index (χ3n) is 7.42. The first-order valence-electron chi connectivity index (χ1n) is 13.5. The van der Waals surface area contributed by atoms with Gasteiger partial charge in [0.05, 0.1) is 37.8 Å². The fraction of sp³-hybridized carbons (Fsp3) is 0.519. The van der Waals surface area contributed by atoms with E-state index >= 15 is 4.39 Å². The van der Waals surface area contributed by atoms with Gasteiger partial charge in [0, 0.05) is 36.8 Å². The van der Waals surface area contributed by atoms with E-state index in [0.29, 0.717) is 73.4 Å². The second kappa shape index (κ2) is 12.2. The van der Waals surface area contributed by atoms with Gasteiger partial charge in [-0.2, -0.15) is 0 Å². The molecule has 3 aromatic rings. The van der Waals surface area contributed by atoms with Gasteiger partial charge in [-0.3, -0.25) is 9.62 Å². The van der Waals surface area contributed by atoms with E-state index in [4.69, 9.17) is 25.2 Å². The first-order valence-corrected chi connectivity index (χ1v) is 15.4. The molecule has 0 unspecified atom stereocenters. The molecule has 3 N–H and O–H groups in total. The first-order chi connectivity index (χ1) is 19.2. The molecule has 2 aliphatic rings. The molecule has 0 amide bonds. The number of hydrogen-bond acceptors (Lipinski definition) is 10. The number of halogens is 1. The number of aromatic nitrogens is 3. The zero-order valence-electron chi connectivity index (χ0n) is 22.9. The van der Waals surface area contributed by atoms with Crippen LogP contribution in [0.25, 0.3) is 22.2 Å². The monoisotopic (exact) mass is 573 g/mol. The summed E-state index contributed by atoms with van der Waals surface area (Å²) in [6.45, 7) is 5.44. The maximum absolute atomic E-state index is 15.1. The highest BCUT2D eigenvalue weighted by Gasteiger charge is 2.24. The number of morpholine rings is 1. The zero-order chi connectivity index (χ0) is 28.3. The van der Waals surface area contributed by atoms with E-state index in [-0.39, 0.29) is 17.4 Å². The van der Waals surface area contributed by atoms with Crippen LogP contribution in [0.2, 0.25) is 0 Å². The Labute approximate surface area is 233 Å². The molecule has 4 heterocycles. The topological polar surface area (TPSA) is 136 Å². The SMILES string of the molecule is COc1ncc(-c2nc(N3CCOCC3)nc3c(CN4CCC(CCN)CC4)cc(F)cc23)cc1NS(C)(=O)=O. The number of likely N-dealkylation sites (tertiary alicyclic amines) is 1. The molecule has 2 aliphatic heterocycles. The van der Waals surface area contributed by atoms with Crippen molar-refractivity contribution in [3.05, 3.63) is 35.8 Å². The molecule has 0 aliphatic carbocycles. The molecule has 0 spiro atoms. The van der Waals surface area contributed by atoms with Crippen LogP contribution in [0.5, 0.6) is 5.88 Å². The largest absolute Gasteiger partial charge is 0.480 e. The van der Waals surface area contributed by atoms with Crippen molar-refractivity contribution in [2.24, 2.45) is 11.7 Å². The number of anilines is 2. The lowest BCUT2D eigenvalue weighted by Gasteiger charge is -2.32. The van der Waals surface area contributed by atoms with Gasteiger partial charge < -0.3 is 20.1 Å². The lowest BCUT2D eigenvalue weighted by atomic mass is 9.93. The van der Waals surface area contributed by atoms with Crippen molar-refractivity contribution in [3.63, 3.8) is 0 Å². The van der Waals surface area contributed by atoms with E-state index in [1.807, 2.05) is 4.90 Å². The number of hydrogen-bond donors (Lipinski definition) is 2. The summed E-state index contributed by atoms with van der Waals surface area (Å²) in [7, 11) is -2.20. The second-order valence-corrected chi connectivity index (χ2v) is 12.1. The summed E-state index contributed by atoms with van der Waals surface area (Å²) in [5.74, 6) is 0.865. The molecule has 5 rings (SSSR count). The molecule has 11 nitrogen and oxygen atoms in total. The first kappa shape index (κ1) is 28.4. The van der Waals surface area contributed by atoms with Gasteiger partial charge >= 0.3 is 0 Å². The highest BCUT2D eigenvalue weighted by Crippen LogP contribution is 2.35. The van der Waals surface area contributed by atoms with Crippen LogP contribution in [0.15, 0.2) is 24.4 Å². The van der Waals surface area contributed by atoms with E-state index in [9.17, 15) is 8.42 Å². The minimum Gasteiger partial charge on any atom is -0.480 e. The van der Waals surface area contributed by atoms with Crippen molar-refractivity contribution >= 4 is 32.6 Å². The van der Waals surface area contributed by atoms with Crippen LogP contribution in [0.3, 0.4) is 0 Å². The smallest absolute Gasteiger partial charge is 0.238 e. The molecule has 13 heteroatoms. The minimum absolute atomic E-state index is 0.117. The third-order valence-corrected chi connectivity index (χ3v) is 8.01. The summed E-state index contributed by atoms with van der Waals surface area (Å²) >= 11 is 0. The number of methoxy groups -OCH3 is 1. The molecule has 2 saturated heterocycles. The number of nitrogens with two attached hydrogens (primary N) is 1. The molecule has 0 bridgehead atoms. The molecule has 2 fully saturated rings. The lowest BCUT2D eigenvalue weighted by Crippen LogP contribution is -2.37. The maximum Gasteiger partial charge on any atom is 0.238 e. The van der Waals surface area contributed by atoms with Gasteiger partial charge in [0.2, 0.25) is 21.9 Å². The van der Waals surface area contributed by atoms with Gasteiger partial charge in [0.1, 0.15) is 11.5 Å². The number of ether oxygens (including phenoxy) is 2. The number of pyridine rings is 1. The summed E-state index contributed by atoms with van der Waals surface area (Å²) in [6.07, 6.45) is 5.76. The van der Waals surface area contributed by atoms with Crippen molar-refractivity contribution in [2.45, 2.75) is 25.8 Å². The summed E-state index contributed by atoms with van der Waals surface area (Å²) < 4.78 is 52.4. The summed E-state index contributed by atoms with van der Waals surface area (Å²) in [6, 6.07) is 4.58. The standard InChI is InChI=1S/C27H36FN7O4S/c1-38-26-23(33-40(2,36)37)14-19(16-30-26)24-22-15-21(28)13-20(17-34-7-4-18(3-6-29)5-8-34)25(22)32-27(31-24)35-9-11-39-12-10-35/h13-16,18,33H,3-12,17,29H2,1-2H3. The van der Waals surface area contributed by atoms with Crippen molar-refractivity contribution in [2.75, 3.05) is 68.9 Å². The van der Waals surface area contributed by atoms with Crippen LogP contribution in [-0.2, 0) is 21.3 Å². The zero-order valence-corrected chi connectivity index (χ0v) is 23.7. The Morgan fingerprint density at radius 2 is 1.90 bits per heavy atom. The highest BCUT2D eigenvalue weighted by atomic mass is 32.2. The van der Waals surface area contributed by atoms with E-state index in [2.05, 4.69) is 14.6 Å². The highest BCUT2D eigenvalue weighted by molar-refractivity contribution is 7.92. The number of sulfonamides is 1. The Morgan fingerprint density at radius 1 is 1.15 bits per heavy atom. The van der Waals surface area contributed by atoms with E-state index in [1.54, 1.807) is 18.3 Å². The molecular formula is C27H36FN7O4S. The summed E-state index contributed by atoms with van der Waals surface area (Å²) in [4.78, 5) is 18.5. The van der Waals surface area contributed by atoms with Crippen molar-refractivity contribution in [1.29, 1.82) is 0 Å². The molecule has 1 aromatic carbocycles. The molecule has 0 radical (unpaired) electrons. The predicted molar refractivity (Wildman–Crippen MR) is 152 cm³/mol. The predicted octanol–water partition coefficient (Wildman–Crippen LogP) is 2.61. The van der Waals surface area contributed by atoms with Gasteiger partial charge in [-0.15, -0.1) is 0 Å². The summed E-state index contributed by atoms with van der Waals surface area (Å²) in [5.41, 5.74) is 8.33. The van der Waals surface area contributed by atoms with Gasteiger partial charge in [-0.1, -0.05) is 0 Å². The molecule has 2 aromatic heterocycles. The van der Waals surface area contributed by atoms with Crippen LogP contribution in [0.1, 0.15) is 24.8 Å². The van der Waals surface area contributed by atoms with Crippen LogP contribution in [-0.4, -0.2) is 87.6 Å². The lowest BCUT2D eigenvalue weighted by molar-refractivity contribution is 0.122. The Balaban J connectivity index is 1.61. The number of fused-ring (bicyclic) bond motifs is 1. The van der Waals surface area contributed by atoms with E-state index < -0.39 is 10.0 Å². The molecule has 0 saturated carbocycles. The number of piperidine rings is 1. The van der Waals surface area contributed by atoms with Crippen LogP contribution < -0.4 is 20.1 Å². The number of nitrogens with one attached hydrogen (secondary N) is 1. The number of rotatable bonds is 9. The molecular weight excluding hydrogens is 537 g/mol. The van der Waals surface area contributed by atoms with E-state index in [1.165, 1.54) is 13.2 Å². The Kier molecular flexibility index (Phi) is 8.64. The average Bonchev–Trinajstić information content (AvgIpc) is 2.93. The summed E-state index contributed by atoms with van der Waals surface area (Å²) in [5, 5.41) is 0.530. The Morgan fingerprint density at radius 3 is 2.58 bits per heavy atom. The van der Waals surface area contributed by atoms with Crippen molar-refractivity contribution in [1.82, 2.24) is 19.9 Å².